The normalized spacial score (nSPS) is 13.0. The van der Waals surface area contributed by atoms with Gasteiger partial charge in [0.1, 0.15) is 0 Å². The first kappa shape index (κ1) is 17.3. The molecule has 0 radical (unpaired) electrons. The van der Waals surface area contributed by atoms with Gasteiger partial charge >= 0.3 is 0 Å². The van der Waals surface area contributed by atoms with Crippen molar-refractivity contribution in [1.29, 1.82) is 0 Å². The summed E-state index contributed by atoms with van der Waals surface area (Å²) in [5.41, 5.74) is 1.14. The van der Waals surface area contributed by atoms with Gasteiger partial charge in [-0.25, -0.2) is 0 Å². The third-order valence-corrected chi connectivity index (χ3v) is 4.39. The molecule has 0 atom stereocenters. The van der Waals surface area contributed by atoms with E-state index >= 15 is 0 Å². The van der Waals surface area contributed by atoms with Crippen LogP contribution in [-0.4, -0.2) is 6.26 Å². The molecule has 0 saturated heterocycles. The van der Waals surface area contributed by atoms with Crippen molar-refractivity contribution in [2.24, 2.45) is 0 Å². The zero-order valence-electron chi connectivity index (χ0n) is 12.3. The predicted octanol–water partition coefficient (Wildman–Crippen LogP) is 6.51. The fourth-order valence-corrected chi connectivity index (χ4v) is 2.94. The third kappa shape index (κ3) is 6.03. The van der Waals surface area contributed by atoms with E-state index in [2.05, 4.69) is 50.3 Å². The Kier molecular flexibility index (Phi) is 8.25. The molecule has 21 heavy (non-hydrogen) atoms. The Morgan fingerprint density at radius 1 is 1.05 bits per heavy atom. The fourth-order valence-electron chi connectivity index (χ4n) is 1.59. The first-order valence-electron chi connectivity index (χ1n) is 6.52. The molecule has 0 aromatic carbocycles. The van der Waals surface area contributed by atoms with E-state index < -0.39 is 0 Å². The van der Waals surface area contributed by atoms with E-state index in [-0.39, 0.29) is 0 Å². The molecule has 1 heterocycles. The molecule has 0 saturated carbocycles. The van der Waals surface area contributed by atoms with Crippen molar-refractivity contribution in [2.75, 3.05) is 6.26 Å². The van der Waals surface area contributed by atoms with Crippen LogP contribution < -0.4 is 0 Å². The summed E-state index contributed by atoms with van der Waals surface area (Å²) in [5, 5.41) is 0. The molecule has 0 aliphatic rings. The summed E-state index contributed by atoms with van der Waals surface area (Å²) in [5.74, 6) is 0. The van der Waals surface area contributed by atoms with Gasteiger partial charge in [0.15, 0.2) is 0 Å². The lowest BCUT2D eigenvalue weighted by Gasteiger charge is -1.96. The van der Waals surface area contributed by atoms with Gasteiger partial charge in [-0.05, 0) is 42.2 Å². The number of hydrogen-bond acceptors (Lipinski definition) is 2. The van der Waals surface area contributed by atoms with Crippen molar-refractivity contribution in [1.82, 2.24) is 0 Å². The van der Waals surface area contributed by atoms with Gasteiger partial charge in [0.25, 0.3) is 0 Å². The molecule has 0 unspecified atom stereocenters. The molecule has 1 aromatic heterocycles. The van der Waals surface area contributed by atoms with Gasteiger partial charge in [-0.3, -0.25) is 0 Å². The summed E-state index contributed by atoms with van der Waals surface area (Å²) in [6.45, 7) is 11.2. The van der Waals surface area contributed by atoms with Crippen molar-refractivity contribution in [2.45, 2.75) is 0 Å². The SMILES string of the molecule is C=C/C=C\C(=C/C=C)c1ccc(/C=C/C(=C/C=C)SC)s1. The predicted molar refractivity (Wildman–Crippen MR) is 103 cm³/mol. The smallest absolute Gasteiger partial charge is 0.0349 e. The highest BCUT2D eigenvalue weighted by molar-refractivity contribution is 8.02. The zero-order chi connectivity index (χ0) is 15.5. The summed E-state index contributed by atoms with van der Waals surface area (Å²) >= 11 is 3.46. The summed E-state index contributed by atoms with van der Waals surface area (Å²) in [7, 11) is 0. The van der Waals surface area contributed by atoms with Crippen LogP contribution in [-0.2, 0) is 0 Å². The fraction of sp³-hybridized carbons (Fsp3) is 0.0526. The average Bonchev–Trinajstić information content (AvgIpc) is 2.96. The molecule has 108 valence electrons. The average molecular weight is 313 g/mol. The Labute approximate surface area is 136 Å². The van der Waals surface area contributed by atoms with Gasteiger partial charge in [-0.2, -0.15) is 0 Å². The molecule has 0 aliphatic carbocycles. The van der Waals surface area contributed by atoms with E-state index in [1.807, 2.05) is 24.3 Å². The molecule has 0 aliphatic heterocycles. The molecule has 0 bridgehead atoms. The second-order valence-corrected chi connectivity index (χ2v) is 5.99. The van der Waals surface area contributed by atoms with Gasteiger partial charge < -0.3 is 0 Å². The first-order valence-corrected chi connectivity index (χ1v) is 8.56. The second-order valence-electron chi connectivity index (χ2n) is 4.00. The highest BCUT2D eigenvalue weighted by Gasteiger charge is 2.01. The van der Waals surface area contributed by atoms with E-state index in [9.17, 15) is 0 Å². The maximum Gasteiger partial charge on any atom is 0.0349 e. The Morgan fingerprint density at radius 2 is 1.81 bits per heavy atom. The summed E-state index contributed by atoms with van der Waals surface area (Å²) in [6, 6.07) is 4.25. The van der Waals surface area contributed by atoms with Crippen LogP contribution >= 0.6 is 23.1 Å². The minimum Gasteiger partial charge on any atom is -0.136 e. The van der Waals surface area contributed by atoms with Gasteiger partial charge in [0.05, 0.1) is 0 Å². The van der Waals surface area contributed by atoms with E-state index in [1.54, 1.807) is 41.3 Å². The van der Waals surface area contributed by atoms with E-state index in [1.165, 1.54) is 14.7 Å². The third-order valence-electron chi connectivity index (χ3n) is 2.55. The van der Waals surface area contributed by atoms with Crippen LogP contribution in [0.15, 0.2) is 85.4 Å². The van der Waals surface area contributed by atoms with Gasteiger partial charge in [-0.15, -0.1) is 23.1 Å². The van der Waals surface area contributed by atoms with E-state index in [0.717, 1.165) is 5.57 Å². The largest absolute Gasteiger partial charge is 0.136 e. The zero-order valence-corrected chi connectivity index (χ0v) is 13.9. The van der Waals surface area contributed by atoms with Gasteiger partial charge in [0, 0.05) is 14.7 Å². The van der Waals surface area contributed by atoms with Crippen molar-refractivity contribution < 1.29 is 0 Å². The monoisotopic (exact) mass is 312 g/mol. The standard InChI is InChI=1S/C19H20S2/c1-5-8-11-16(9-6-2)19-15-14-18(21-19)13-12-17(20-4)10-7-3/h5-15H,1-3H2,4H3/b11-8-,13-12+,16-9+,17-10-. The second kappa shape index (κ2) is 10.0. The number of thiophene rings is 1. The van der Waals surface area contributed by atoms with Crippen LogP contribution in [0.3, 0.4) is 0 Å². The molecule has 0 fully saturated rings. The number of allylic oxidation sites excluding steroid dienone is 9. The first-order chi connectivity index (χ1) is 10.2. The quantitative estimate of drug-likeness (QED) is 0.493. The molecular weight excluding hydrogens is 292 g/mol. The van der Waals surface area contributed by atoms with Gasteiger partial charge in [0.2, 0.25) is 0 Å². The van der Waals surface area contributed by atoms with Crippen molar-refractivity contribution in [3.63, 3.8) is 0 Å². The van der Waals surface area contributed by atoms with E-state index in [4.69, 9.17) is 0 Å². The van der Waals surface area contributed by atoms with Crippen LogP contribution in [0.25, 0.3) is 11.6 Å². The Hall–Kier alpha value is -1.77. The lowest BCUT2D eigenvalue weighted by molar-refractivity contribution is 1.81. The summed E-state index contributed by atoms with van der Waals surface area (Å²) in [6.07, 6.45) is 19.7. The molecule has 0 amide bonds. The van der Waals surface area contributed by atoms with Crippen LogP contribution in [0, 0.1) is 0 Å². The Morgan fingerprint density at radius 3 is 2.43 bits per heavy atom. The molecule has 2 heteroatoms. The maximum absolute atomic E-state index is 3.77. The topological polar surface area (TPSA) is 0 Å². The molecule has 1 aromatic rings. The molecule has 0 nitrogen and oxygen atoms in total. The van der Waals surface area contributed by atoms with Crippen molar-refractivity contribution in [3.8, 4) is 0 Å². The van der Waals surface area contributed by atoms with E-state index in [0.29, 0.717) is 0 Å². The number of hydrogen-bond donors (Lipinski definition) is 0. The van der Waals surface area contributed by atoms with Gasteiger partial charge in [-0.1, -0.05) is 56.2 Å². The summed E-state index contributed by atoms with van der Waals surface area (Å²) < 4.78 is 0. The Balaban J connectivity index is 2.96. The molecule has 1 rings (SSSR count). The van der Waals surface area contributed by atoms with Crippen molar-refractivity contribution in [3.05, 3.63) is 95.1 Å². The summed E-state index contributed by atoms with van der Waals surface area (Å²) in [4.78, 5) is 3.62. The van der Waals surface area contributed by atoms with Crippen molar-refractivity contribution >= 4 is 34.7 Å². The Bertz CT molecular complexity index is 607. The molecular formula is C19H20S2. The van der Waals surface area contributed by atoms with Crippen LogP contribution in [0.1, 0.15) is 9.75 Å². The minimum atomic E-state index is 1.14. The lowest BCUT2D eigenvalue weighted by atomic mass is 10.2. The maximum atomic E-state index is 3.77. The number of thioether (sulfide) groups is 1. The molecule has 0 spiro atoms. The highest BCUT2D eigenvalue weighted by atomic mass is 32.2. The lowest BCUT2D eigenvalue weighted by Crippen LogP contribution is -1.72. The van der Waals surface area contributed by atoms with Crippen LogP contribution in [0.4, 0.5) is 0 Å². The minimum absolute atomic E-state index is 1.14. The van der Waals surface area contributed by atoms with Crippen LogP contribution in [0.5, 0.6) is 0 Å². The molecule has 0 N–H and O–H groups in total. The highest BCUT2D eigenvalue weighted by Crippen LogP contribution is 2.27. The van der Waals surface area contributed by atoms with Crippen LogP contribution in [0.2, 0.25) is 0 Å². The number of rotatable bonds is 8.